The minimum atomic E-state index is -1.19. The molecule has 0 saturated heterocycles. The lowest BCUT2D eigenvalue weighted by Crippen LogP contribution is -2.41. The molecule has 16 nitrogen and oxygen atoms in total. The van der Waals surface area contributed by atoms with Crippen LogP contribution in [0.2, 0.25) is 0 Å². The standard InChI is InChI=1S/C36H66N4O12/c1-2-3-14-19-37-33(43)28-51-26-25-50-23-21-39-34(44)29-52-27-24-49-22-20-38-31(41)18-17-30(36(47)48)40-32(42)15-12-10-8-6-4-5-7-9-11-13-16-35(45)46/h30H,2-29H2,1H3,(H,37,43)(H,38,41)(H,39,44)(H,40,42)(H,45,46)(H,47,48). The van der Waals surface area contributed by atoms with Gasteiger partial charge in [-0.1, -0.05) is 71.1 Å². The molecule has 0 aromatic carbocycles. The van der Waals surface area contributed by atoms with E-state index >= 15 is 0 Å². The van der Waals surface area contributed by atoms with Crippen molar-refractivity contribution in [2.75, 3.05) is 72.5 Å². The molecule has 0 radical (unpaired) electrons. The zero-order chi connectivity index (χ0) is 38.5. The first-order valence-corrected chi connectivity index (χ1v) is 19.0. The highest BCUT2D eigenvalue weighted by Gasteiger charge is 2.20. The minimum absolute atomic E-state index is 0.00856. The summed E-state index contributed by atoms with van der Waals surface area (Å²) >= 11 is 0. The van der Waals surface area contributed by atoms with Crippen LogP contribution < -0.4 is 21.3 Å². The number of hydrogen-bond acceptors (Lipinski definition) is 10. The Morgan fingerprint density at radius 3 is 1.44 bits per heavy atom. The number of rotatable bonds is 38. The van der Waals surface area contributed by atoms with Gasteiger partial charge < -0.3 is 50.4 Å². The summed E-state index contributed by atoms with van der Waals surface area (Å²) < 4.78 is 21.2. The molecular formula is C36H66N4O12. The van der Waals surface area contributed by atoms with E-state index in [0.717, 1.165) is 77.0 Å². The van der Waals surface area contributed by atoms with Gasteiger partial charge in [0.15, 0.2) is 0 Å². The maximum Gasteiger partial charge on any atom is 0.326 e. The number of carbonyl (C=O) groups excluding carboxylic acids is 4. The Labute approximate surface area is 309 Å². The van der Waals surface area contributed by atoms with Gasteiger partial charge in [-0.15, -0.1) is 0 Å². The molecule has 0 spiro atoms. The minimum Gasteiger partial charge on any atom is -0.481 e. The summed E-state index contributed by atoms with van der Waals surface area (Å²) in [5.41, 5.74) is 0. The van der Waals surface area contributed by atoms with Crippen molar-refractivity contribution in [2.24, 2.45) is 0 Å². The van der Waals surface area contributed by atoms with Gasteiger partial charge >= 0.3 is 11.9 Å². The predicted octanol–water partition coefficient (Wildman–Crippen LogP) is 2.71. The van der Waals surface area contributed by atoms with E-state index in [-0.39, 0.29) is 95.5 Å². The van der Waals surface area contributed by atoms with E-state index < -0.39 is 18.0 Å². The van der Waals surface area contributed by atoms with E-state index in [1.54, 1.807) is 0 Å². The van der Waals surface area contributed by atoms with Crippen LogP contribution in [0.5, 0.6) is 0 Å². The fourth-order valence-electron chi connectivity index (χ4n) is 4.86. The molecule has 0 heterocycles. The van der Waals surface area contributed by atoms with Crippen molar-refractivity contribution in [2.45, 2.75) is 122 Å². The van der Waals surface area contributed by atoms with Crippen LogP contribution in [0.1, 0.15) is 116 Å². The highest BCUT2D eigenvalue weighted by Crippen LogP contribution is 2.12. The zero-order valence-corrected chi connectivity index (χ0v) is 31.4. The lowest BCUT2D eigenvalue weighted by atomic mass is 10.0. The number of ether oxygens (including phenoxy) is 4. The summed E-state index contributed by atoms with van der Waals surface area (Å²) in [6.45, 7) is 4.61. The molecule has 1 atom stereocenters. The molecule has 52 heavy (non-hydrogen) atoms. The molecule has 4 amide bonds. The third kappa shape index (κ3) is 35.1. The maximum atomic E-state index is 12.2. The van der Waals surface area contributed by atoms with Crippen molar-refractivity contribution in [3.8, 4) is 0 Å². The Kier molecular flexibility index (Phi) is 33.7. The van der Waals surface area contributed by atoms with Gasteiger partial charge in [0.05, 0.1) is 39.6 Å². The molecule has 0 aromatic heterocycles. The van der Waals surface area contributed by atoms with Crippen molar-refractivity contribution in [1.82, 2.24) is 21.3 Å². The summed E-state index contributed by atoms with van der Waals surface area (Å²) in [5.74, 6) is -3.08. The van der Waals surface area contributed by atoms with Gasteiger partial charge in [-0.3, -0.25) is 24.0 Å². The molecule has 0 aliphatic heterocycles. The van der Waals surface area contributed by atoms with Crippen LogP contribution >= 0.6 is 0 Å². The average Bonchev–Trinajstić information content (AvgIpc) is 3.10. The molecule has 0 rings (SSSR count). The Morgan fingerprint density at radius 1 is 0.481 bits per heavy atom. The molecule has 0 aliphatic rings. The fraction of sp³-hybridized carbons (Fsp3) is 0.833. The van der Waals surface area contributed by atoms with Crippen LogP contribution in [-0.4, -0.2) is 124 Å². The topological polar surface area (TPSA) is 228 Å². The van der Waals surface area contributed by atoms with Crippen LogP contribution in [0.15, 0.2) is 0 Å². The normalized spacial score (nSPS) is 11.5. The number of carboxylic acids is 2. The lowest BCUT2D eigenvalue weighted by Gasteiger charge is -2.14. The van der Waals surface area contributed by atoms with Crippen LogP contribution in [0.25, 0.3) is 0 Å². The smallest absolute Gasteiger partial charge is 0.326 e. The molecule has 1 unspecified atom stereocenters. The number of carboxylic acid groups (broad SMARTS) is 2. The molecule has 0 aliphatic carbocycles. The van der Waals surface area contributed by atoms with Crippen LogP contribution in [0.4, 0.5) is 0 Å². The first kappa shape index (κ1) is 48.7. The van der Waals surface area contributed by atoms with Gasteiger partial charge in [0.2, 0.25) is 23.6 Å². The van der Waals surface area contributed by atoms with Gasteiger partial charge in [0.1, 0.15) is 19.3 Å². The fourth-order valence-corrected chi connectivity index (χ4v) is 4.86. The van der Waals surface area contributed by atoms with E-state index in [2.05, 4.69) is 28.2 Å². The molecule has 16 heteroatoms. The summed E-state index contributed by atoms with van der Waals surface area (Å²) in [5, 5.41) is 28.7. The number of hydrogen-bond donors (Lipinski definition) is 6. The number of nitrogens with one attached hydrogen (secondary N) is 4. The lowest BCUT2D eigenvalue weighted by molar-refractivity contribution is -0.142. The SMILES string of the molecule is CCCCCNC(=O)COCCOCCNC(=O)COCCOCCNC(=O)CCC(NC(=O)CCCCCCCCCCCCC(=O)O)C(=O)O. The van der Waals surface area contributed by atoms with E-state index in [1.165, 1.54) is 0 Å². The highest BCUT2D eigenvalue weighted by molar-refractivity contribution is 5.84. The molecule has 0 bridgehead atoms. The van der Waals surface area contributed by atoms with Crippen molar-refractivity contribution < 1.29 is 57.9 Å². The maximum absolute atomic E-state index is 12.2. The third-order valence-electron chi connectivity index (χ3n) is 7.79. The number of aliphatic carboxylic acids is 2. The molecule has 302 valence electrons. The predicted molar refractivity (Wildman–Crippen MR) is 194 cm³/mol. The monoisotopic (exact) mass is 746 g/mol. The Bertz CT molecular complexity index is 970. The molecule has 0 fully saturated rings. The first-order valence-electron chi connectivity index (χ1n) is 19.0. The second-order valence-corrected chi connectivity index (χ2v) is 12.5. The van der Waals surface area contributed by atoms with Crippen LogP contribution in [0, 0.1) is 0 Å². The third-order valence-corrected chi connectivity index (χ3v) is 7.79. The van der Waals surface area contributed by atoms with Gasteiger partial charge in [0.25, 0.3) is 0 Å². The first-order chi connectivity index (χ1) is 25.1. The van der Waals surface area contributed by atoms with Crippen LogP contribution in [-0.2, 0) is 47.7 Å². The highest BCUT2D eigenvalue weighted by atomic mass is 16.5. The van der Waals surface area contributed by atoms with Crippen molar-refractivity contribution in [3.05, 3.63) is 0 Å². The van der Waals surface area contributed by atoms with Crippen LogP contribution in [0.3, 0.4) is 0 Å². The number of unbranched alkanes of at least 4 members (excludes halogenated alkanes) is 11. The second kappa shape index (κ2) is 36.0. The van der Waals surface area contributed by atoms with E-state index in [0.29, 0.717) is 32.7 Å². The summed E-state index contributed by atoms with van der Waals surface area (Å²) in [6.07, 6.45) is 13.2. The van der Waals surface area contributed by atoms with Crippen molar-refractivity contribution in [1.29, 1.82) is 0 Å². The van der Waals surface area contributed by atoms with Gasteiger partial charge in [-0.05, 0) is 25.7 Å². The molecular weight excluding hydrogens is 680 g/mol. The number of carbonyl (C=O) groups is 6. The molecule has 0 saturated carbocycles. The van der Waals surface area contributed by atoms with E-state index in [1.807, 2.05) is 0 Å². The zero-order valence-electron chi connectivity index (χ0n) is 31.4. The van der Waals surface area contributed by atoms with Crippen molar-refractivity contribution >= 4 is 35.6 Å². The second-order valence-electron chi connectivity index (χ2n) is 12.5. The summed E-state index contributed by atoms with van der Waals surface area (Å²) in [6, 6.07) is -1.14. The Hall–Kier alpha value is -3.34. The van der Waals surface area contributed by atoms with Gasteiger partial charge in [-0.25, -0.2) is 4.79 Å². The average molecular weight is 747 g/mol. The van der Waals surface area contributed by atoms with E-state index in [9.17, 15) is 33.9 Å². The number of amides is 4. The largest absolute Gasteiger partial charge is 0.481 e. The quantitative estimate of drug-likeness (QED) is 0.0502. The molecule has 0 aromatic rings. The van der Waals surface area contributed by atoms with E-state index in [4.69, 9.17) is 24.1 Å². The summed E-state index contributed by atoms with van der Waals surface area (Å²) in [4.78, 5) is 69.8. The van der Waals surface area contributed by atoms with Gasteiger partial charge in [-0.2, -0.15) is 0 Å². The molecule has 6 N–H and O–H groups in total. The van der Waals surface area contributed by atoms with Crippen molar-refractivity contribution in [3.63, 3.8) is 0 Å². The Balaban J connectivity index is 3.67. The summed E-state index contributed by atoms with van der Waals surface area (Å²) in [7, 11) is 0. The Morgan fingerprint density at radius 2 is 0.942 bits per heavy atom. The van der Waals surface area contributed by atoms with Gasteiger partial charge in [0, 0.05) is 38.9 Å².